The van der Waals surface area contributed by atoms with Crippen molar-refractivity contribution in [1.29, 1.82) is 0 Å². The zero-order valence-corrected chi connectivity index (χ0v) is 15.0. The number of aromatic nitrogens is 5. The van der Waals surface area contributed by atoms with Gasteiger partial charge in [-0.25, -0.2) is 4.79 Å². The number of carbonyl (C=O) groups is 1. The van der Waals surface area contributed by atoms with Crippen molar-refractivity contribution >= 4 is 16.9 Å². The fraction of sp³-hybridized carbons (Fsp3) is 0.474. The molecule has 2 aliphatic heterocycles. The first-order valence-electron chi connectivity index (χ1n) is 9.55. The maximum Gasteiger partial charge on any atom is 0.326 e. The van der Waals surface area contributed by atoms with Gasteiger partial charge in [-0.1, -0.05) is 12.1 Å². The topological polar surface area (TPSA) is 88.8 Å². The number of nitrogens with one attached hydrogen (secondary N) is 1. The van der Waals surface area contributed by atoms with E-state index >= 15 is 0 Å². The van der Waals surface area contributed by atoms with Gasteiger partial charge >= 0.3 is 5.69 Å². The quantitative estimate of drug-likeness (QED) is 0.741. The summed E-state index contributed by atoms with van der Waals surface area (Å²) in [7, 11) is 0. The maximum atomic E-state index is 13.0. The van der Waals surface area contributed by atoms with Crippen molar-refractivity contribution in [3.8, 4) is 0 Å². The summed E-state index contributed by atoms with van der Waals surface area (Å²) in [5.41, 5.74) is 1.75. The number of hydrogen-bond donors (Lipinski definition) is 1. The molecule has 3 aromatic rings. The zero-order chi connectivity index (χ0) is 18.4. The van der Waals surface area contributed by atoms with E-state index in [2.05, 4.69) is 15.2 Å². The lowest BCUT2D eigenvalue weighted by molar-refractivity contribution is -0.137. The summed E-state index contributed by atoms with van der Waals surface area (Å²) >= 11 is 0. The average Bonchev–Trinajstić information content (AvgIpc) is 3.30. The van der Waals surface area contributed by atoms with Crippen LogP contribution in [0.1, 0.15) is 31.1 Å². The van der Waals surface area contributed by atoms with E-state index in [0.717, 1.165) is 42.5 Å². The van der Waals surface area contributed by atoms with Crippen molar-refractivity contribution in [1.82, 2.24) is 29.2 Å². The third kappa shape index (κ3) is 2.75. The molecule has 1 N–H and O–H groups in total. The van der Waals surface area contributed by atoms with Gasteiger partial charge in [0.25, 0.3) is 0 Å². The second-order valence-electron chi connectivity index (χ2n) is 7.51. The Kier molecular flexibility index (Phi) is 3.84. The largest absolute Gasteiger partial charge is 0.342 e. The molecule has 2 aliphatic rings. The molecule has 5 rings (SSSR count). The SMILES string of the molecule is O=C(C1CCc2nncn2C1)N1CCC(n2c(=O)[nH]c3ccccc32)CC1. The van der Waals surface area contributed by atoms with Crippen LogP contribution >= 0.6 is 0 Å². The highest BCUT2D eigenvalue weighted by atomic mass is 16.2. The molecule has 1 aromatic carbocycles. The molecular formula is C19H22N6O2. The molecule has 1 saturated heterocycles. The Bertz CT molecular complexity index is 1040. The van der Waals surface area contributed by atoms with Crippen LogP contribution in [-0.2, 0) is 17.8 Å². The molecule has 140 valence electrons. The zero-order valence-electron chi connectivity index (χ0n) is 15.0. The maximum absolute atomic E-state index is 13.0. The lowest BCUT2D eigenvalue weighted by Gasteiger charge is -2.35. The van der Waals surface area contributed by atoms with Gasteiger partial charge < -0.3 is 14.5 Å². The molecule has 0 aliphatic carbocycles. The number of carbonyl (C=O) groups excluding carboxylic acids is 1. The number of imidazole rings is 1. The van der Waals surface area contributed by atoms with E-state index < -0.39 is 0 Å². The van der Waals surface area contributed by atoms with Gasteiger partial charge in [0.2, 0.25) is 5.91 Å². The number of amides is 1. The summed E-state index contributed by atoms with van der Waals surface area (Å²) < 4.78 is 3.85. The minimum Gasteiger partial charge on any atom is -0.342 e. The highest BCUT2D eigenvalue weighted by molar-refractivity contribution is 5.79. The number of nitrogens with zero attached hydrogens (tertiary/aromatic N) is 5. The van der Waals surface area contributed by atoms with Crippen LogP contribution < -0.4 is 5.69 Å². The number of para-hydroxylation sites is 2. The van der Waals surface area contributed by atoms with Crippen LogP contribution in [0.5, 0.6) is 0 Å². The third-order valence-corrected chi connectivity index (χ3v) is 5.94. The number of likely N-dealkylation sites (tertiary alicyclic amines) is 1. The van der Waals surface area contributed by atoms with Crippen molar-refractivity contribution in [2.75, 3.05) is 13.1 Å². The molecule has 0 spiro atoms. The average molecular weight is 366 g/mol. The highest BCUT2D eigenvalue weighted by Crippen LogP contribution is 2.27. The van der Waals surface area contributed by atoms with Crippen LogP contribution in [0.25, 0.3) is 11.0 Å². The molecule has 4 heterocycles. The van der Waals surface area contributed by atoms with Crippen molar-refractivity contribution in [3.05, 3.63) is 46.9 Å². The van der Waals surface area contributed by atoms with E-state index in [1.807, 2.05) is 38.3 Å². The van der Waals surface area contributed by atoms with E-state index in [4.69, 9.17) is 0 Å². The summed E-state index contributed by atoms with van der Waals surface area (Å²) in [4.78, 5) is 30.3. The number of fused-ring (bicyclic) bond motifs is 2. The van der Waals surface area contributed by atoms with Crippen LogP contribution in [0.4, 0.5) is 0 Å². The fourth-order valence-electron chi connectivity index (χ4n) is 4.50. The van der Waals surface area contributed by atoms with Crippen LogP contribution in [0, 0.1) is 5.92 Å². The Labute approximate surface area is 155 Å². The second-order valence-corrected chi connectivity index (χ2v) is 7.51. The number of H-pyrrole nitrogens is 1. The normalized spacial score (nSPS) is 20.7. The fourth-order valence-corrected chi connectivity index (χ4v) is 4.50. The molecule has 2 aromatic heterocycles. The van der Waals surface area contributed by atoms with E-state index in [9.17, 15) is 9.59 Å². The Morgan fingerprint density at radius 2 is 1.96 bits per heavy atom. The minimum absolute atomic E-state index is 0.000797. The lowest BCUT2D eigenvalue weighted by Crippen LogP contribution is -2.44. The number of piperidine rings is 1. The number of rotatable bonds is 2. The van der Waals surface area contributed by atoms with Crippen LogP contribution in [0.15, 0.2) is 35.4 Å². The van der Waals surface area contributed by atoms with E-state index in [-0.39, 0.29) is 23.6 Å². The molecule has 1 fully saturated rings. The first-order valence-corrected chi connectivity index (χ1v) is 9.55. The number of benzene rings is 1. The summed E-state index contributed by atoms with van der Waals surface area (Å²) in [6, 6.07) is 7.91. The molecule has 8 heteroatoms. The Morgan fingerprint density at radius 1 is 1.15 bits per heavy atom. The number of aromatic amines is 1. The second kappa shape index (κ2) is 6.37. The molecule has 1 atom stereocenters. The lowest BCUT2D eigenvalue weighted by atomic mass is 9.96. The predicted molar refractivity (Wildman–Crippen MR) is 99.2 cm³/mol. The smallest absolute Gasteiger partial charge is 0.326 e. The molecule has 8 nitrogen and oxygen atoms in total. The molecule has 1 amide bonds. The number of aryl methyl sites for hydroxylation is 1. The summed E-state index contributed by atoms with van der Waals surface area (Å²) in [5, 5.41) is 8.02. The molecule has 0 bridgehead atoms. The molecule has 0 radical (unpaired) electrons. The predicted octanol–water partition coefficient (Wildman–Crippen LogP) is 1.35. The van der Waals surface area contributed by atoms with E-state index in [0.29, 0.717) is 19.6 Å². The monoisotopic (exact) mass is 366 g/mol. The first-order chi connectivity index (χ1) is 13.2. The van der Waals surface area contributed by atoms with Gasteiger partial charge in [-0.15, -0.1) is 10.2 Å². The standard InChI is InChI=1S/C19H22N6O2/c26-18(13-5-6-17-22-20-12-24(17)11-13)23-9-7-14(8-10-23)25-16-4-2-1-3-15(16)21-19(25)27/h1-4,12-14H,5-11H2,(H,21,27). The summed E-state index contributed by atoms with van der Waals surface area (Å²) in [6.45, 7) is 2.06. The summed E-state index contributed by atoms with van der Waals surface area (Å²) in [5.74, 6) is 1.19. The van der Waals surface area contributed by atoms with Crippen LogP contribution in [-0.4, -0.2) is 48.2 Å². The van der Waals surface area contributed by atoms with Crippen molar-refractivity contribution < 1.29 is 4.79 Å². The molecule has 1 unspecified atom stereocenters. The van der Waals surface area contributed by atoms with Gasteiger partial charge in [-0.3, -0.25) is 9.36 Å². The van der Waals surface area contributed by atoms with Gasteiger partial charge in [-0.05, 0) is 31.4 Å². The third-order valence-electron chi connectivity index (χ3n) is 5.94. The van der Waals surface area contributed by atoms with Gasteiger partial charge in [0.15, 0.2) is 0 Å². The van der Waals surface area contributed by atoms with E-state index in [1.165, 1.54) is 0 Å². The Balaban J connectivity index is 1.28. The van der Waals surface area contributed by atoms with Crippen LogP contribution in [0.2, 0.25) is 0 Å². The molecular weight excluding hydrogens is 344 g/mol. The molecule has 0 saturated carbocycles. The van der Waals surface area contributed by atoms with E-state index in [1.54, 1.807) is 6.33 Å². The minimum atomic E-state index is -0.0617. The van der Waals surface area contributed by atoms with Gasteiger partial charge in [0.1, 0.15) is 12.2 Å². The van der Waals surface area contributed by atoms with Crippen molar-refractivity contribution in [2.24, 2.45) is 5.92 Å². The first kappa shape index (κ1) is 16.3. The highest BCUT2D eigenvalue weighted by Gasteiger charge is 2.32. The van der Waals surface area contributed by atoms with Crippen molar-refractivity contribution in [3.63, 3.8) is 0 Å². The Hall–Kier alpha value is -2.90. The summed E-state index contributed by atoms with van der Waals surface area (Å²) in [6.07, 6.45) is 4.96. The molecule has 27 heavy (non-hydrogen) atoms. The van der Waals surface area contributed by atoms with Crippen molar-refractivity contribution in [2.45, 2.75) is 38.3 Å². The van der Waals surface area contributed by atoms with Gasteiger partial charge in [-0.2, -0.15) is 0 Å². The van der Waals surface area contributed by atoms with Gasteiger partial charge in [0.05, 0.1) is 17.0 Å². The van der Waals surface area contributed by atoms with Gasteiger partial charge in [0, 0.05) is 32.1 Å². The number of hydrogen-bond acceptors (Lipinski definition) is 4. The Morgan fingerprint density at radius 3 is 2.81 bits per heavy atom. The van der Waals surface area contributed by atoms with Crippen LogP contribution in [0.3, 0.4) is 0 Å².